The van der Waals surface area contributed by atoms with Gasteiger partial charge in [0.1, 0.15) is 11.6 Å². The van der Waals surface area contributed by atoms with Gasteiger partial charge >= 0.3 is 5.97 Å². The van der Waals surface area contributed by atoms with Gasteiger partial charge in [-0.25, -0.2) is 4.79 Å². The first-order chi connectivity index (χ1) is 14.4. The molecule has 1 N–H and O–H groups in total. The Bertz CT molecular complexity index is 1010. The van der Waals surface area contributed by atoms with Crippen molar-refractivity contribution in [1.82, 2.24) is 0 Å². The molecule has 0 radical (unpaired) electrons. The molecule has 0 bridgehead atoms. The Labute approximate surface area is 179 Å². The van der Waals surface area contributed by atoms with E-state index in [-0.39, 0.29) is 12.2 Å². The van der Waals surface area contributed by atoms with Crippen molar-refractivity contribution in [2.45, 2.75) is 13.8 Å². The van der Waals surface area contributed by atoms with Crippen molar-refractivity contribution in [2.24, 2.45) is 0 Å². The van der Waals surface area contributed by atoms with Gasteiger partial charge in [0, 0.05) is 10.7 Å². The van der Waals surface area contributed by atoms with Crippen molar-refractivity contribution >= 4 is 35.2 Å². The fourth-order valence-corrected chi connectivity index (χ4v) is 2.60. The van der Waals surface area contributed by atoms with Gasteiger partial charge in [0.2, 0.25) is 0 Å². The minimum atomic E-state index is -0.563. The second kappa shape index (κ2) is 10.9. The number of rotatable bonds is 8. The van der Waals surface area contributed by atoms with Crippen molar-refractivity contribution in [3.8, 4) is 17.6 Å². The number of ether oxygens (including phenoxy) is 3. The smallest absolute Gasteiger partial charge is 0.343 e. The first kappa shape index (κ1) is 22.8. The molecule has 8 heteroatoms. The van der Waals surface area contributed by atoms with Crippen molar-refractivity contribution in [3.63, 3.8) is 0 Å². The van der Waals surface area contributed by atoms with Crippen molar-refractivity contribution < 1.29 is 23.8 Å². The minimum absolute atomic E-state index is 0.0972. The van der Waals surface area contributed by atoms with Crippen LogP contribution in [-0.2, 0) is 14.3 Å². The van der Waals surface area contributed by atoms with Gasteiger partial charge in [0.25, 0.3) is 5.91 Å². The lowest BCUT2D eigenvalue weighted by molar-refractivity contribution is -0.142. The molecule has 2 aromatic carbocycles. The third-order valence-corrected chi connectivity index (χ3v) is 4.20. The lowest BCUT2D eigenvalue weighted by atomic mass is 10.1. The Kier molecular flexibility index (Phi) is 8.27. The highest BCUT2D eigenvalue weighted by atomic mass is 35.5. The molecule has 156 valence electrons. The number of amides is 1. The van der Waals surface area contributed by atoms with E-state index in [1.54, 1.807) is 43.3 Å². The van der Waals surface area contributed by atoms with Crippen LogP contribution in [0.4, 0.5) is 5.69 Å². The predicted octanol–water partition coefficient (Wildman–Crippen LogP) is 4.14. The van der Waals surface area contributed by atoms with Crippen molar-refractivity contribution in [2.75, 3.05) is 25.6 Å². The summed E-state index contributed by atoms with van der Waals surface area (Å²) in [6.07, 6.45) is 1.43. The molecule has 0 fully saturated rings. The number of esters is 1. The van der Waals surface area contributed by atoms with E-state index < -0.39 is 11.9 Å². The number of nitrogens with one attached hydrogen (secondary N) is 1. The maximum atomic E-state index is 12.5. The number of hydrogen-bond acceptors (Lipinski definition) is 6. The number of nitriles is 1. The van der Waals surface area contributed by atoms with Gasteiger partial charge in [0.05, 0.1) is 13.7 Å². The number of methoxy groups -OCH3 is 1. The third-order valence-electron chi connectivity index (χ3n) is 3.96. The molecule has 0 spiro atoms. The number of benzene rings is 2. The standard InChI is InChI=1S/C22H21ClN2O5/c1-4-29-20-10-15(6-8-19(20)30-13-21(26)28-3)9-16(12-24)22(27)25-18-11-17(23)7-5-14(18)2/h5-11H,4,13H2,1-3H3,(H,25,27)/b16-9+. The van der Waals surface area contributed by atoms with Crippen LogP contribution < -0.4 is 14.8 Å². The second-order valence-corrected chi connectivity index (χ2v) is 6.52. The van der Waals surface area contributed by atoms with Crippen LogP contribution in [0.15, 0.2) is 42.0 Å². The molecule has 0 aliphatic carbocycles. The largest absolute Gasteiger partial charge is 0.490 e. The van der Waals surface area contributed by atoms with Crippen LogP contribution >= 0.6 is 11.6 Å². The summed E-state index contributed by atoms with van der Waals surface area (Å²) in [4.78, 5) is 23.8. The number of carbonyl (C=O) groups is 2. The summed E-state index contributed by atoms with van der Waals surface area (Å²) in [6.45, 7) is 3.72. The molecule has 0 unspecified atom stereocenters. The van der Waals surface area contributed by atoms with Crippen LogP contribution in [0.1, 0.15) is 18.1 Å². The van der Waals surface area contributed by atoms with Gasteiger partial charge in [-0.1, -0.05) is 23.7 Å². The molecule has 0 aliphatic rings. The average molecular weight is 429 g/mol. The number of nitrogens with zero attached hydrogens (tertiary/aromatic N) is 1. The Balaban J connectivity index is 2.26. The van der Waals surface area contributed by atoms with E-state index in [0.29, 0.717) is 34.4 Å². The fraction of sp³-hybridized carbons (Fsp3) is 0.227. The molecule has 0 atom stereocenters. The van der Waals surface area contributed by atoms with Gasteiger partial charge in [-0.05, 0) is 55.3 Å². The molecule has 2 aromatic rings. The van der Waals surface area contributed by atoms with Crippen LogP contribution in [0.25, 0.3) is 6.08 Å². The molecule has 7 nitrogen and oxygen atoms in total. The van der Waals surface area contributed by atoms with Crippen LogP contribution in [0.5, 0.6) is 11.5 Å². The predicted molar refractivity (Wildman–Crippen MR) is 114 cm³/mol. The quantitative estimate of drug-likeness (QED) is 0.385. The van der Waals surface area contributed by atoms with E-state index in [1.165, 1.54) is 13.2 Å². The van der Waals surface area contributed by atoms with Crippen LogP contribution in [-0.4, -0.2) is 32.2 Å². The second-order valence-electron chi connectivity index (χ2n) is 6.09. The zero-order chi connectivity index (χ0) is 22.1. The van der Waals surface area contributed by atoms with Crippen LogP contribution in [0, 0.1) is 18.3 Å². The fourth-order valence-electron chi connectivity index (χ4n) is 2.43. The molecule has 0 aliphatic heterocycles. The zero-order valence-electron chi connectivity index (χ0n) is 16.8. The van der Waals surface area contributed by atoms with E-state index in [0.717, 1.165) is 5.56 Å². The van der Waals surface area contributed by atoms with Crippen molar-refractivity contribution in [1.29, 1.82) is 5.26 Å². The van der Waals surface area contributed by atoms with E-state index in [9.17, 15) is 14.9 Å². The van der Waals surface area contributed by atoms with Gasteiger partial charge < -0.3 is 19.5 Å². The number of halogens is 1. The minimum Gasteiger partial charge on any atom is -0.490 e. The third kappa shape index (κ3) is 6.26. The Hall–Kier alpha value is -3.50. The molecular formula is C22H21ClN2O5. The normalized spacial score (nSPS) is 10.7. The van der Waals surface area contributed by atoms with E-state index >= 15 is 0 Å². The van der Waals surface area contributed by atoms with E-state index in [1.807, 2.05) is 13.0 Å². The first-order valence-electron chi connectivity index (χ1n) is 9.03. The topological polar surface area (TPSA) is 97.6 Å². The average Bonchev–Trinajstić information content (AvgIpc) is 2.73. The summed E-state index contributed by atoms with van der Waals surface area (Å²) in [6, 6.07) is 11.9. The molecule has 1 amide bonds. The lowest BCUT2D eigenvalue weighted by Gasteiger charge is -2.12. The molecular weight excluding hydrogens is 408 g/mol. The van der Waals surface area contributed by atoms with E-state index in [4.69, 9.17) is 21.1 Å². The first-order valence-corrected chi connectivity index (χ1v) is 9.41. The van der Waals surface area contributed by atoms with Gasteiger partial charge in [-0.15, -0.1) is 0 Å². The highest BCUT2D eigenvalue weighted by molar-refractivity contribution is 6.31. The molecule has 2 rings (SSSR count). The SMILES string of the molecule is CCOc1cc(/C=C(\C#N)C(=O)Nc2cc(Cl)ccc2C)ccc1OCC(=O)OC. The molecule has 30 heavy (non-hydrogen) atoms. The summed E-state index contributed by atoms with van der Waals surface area (Å²) in [7, 11) is 1.27. The maximum absolute atomic E-state index is 12.5. The summed E-state index contributed by atoms with van der Waals surface area (Å²) in [5, 5.41) is 12.6. The molecule has 0 aromatic heterocycles. The highest BCUT2D eigenvalue weighted by Gasteiger charge is 2.13. The maximum Gasteiger partial charge on any atom is 0.343 e. The van der Waals surface area contributed by atoms with Gasteiger partial charge in [-0.3, -0.25) is 4.79 Å². The summed E-state index contributed by atoms with van der Waals surface area (Å²) in [5.74, 6) is -0.372. The number of aryl methyl sites for hydroxylation is 1. The summed E-state index contributed by atoms with van der Waals surface area (Å²) in [5.41, 5.74) is 1.80. The molecule has 0 heterocycles. The molecule has 0 saturated carbocycles. The Morgan fingerprint density at radius 2 is 1.93 bits per heavy atom. The van der Waals surface area contributed by atoms with Crippen LogP contribution in [0.2, 0.25) is 5.02 Å². The van der Waals surface area contributed by atoms with E-state index in [2.05, 4.69) is 10.1 Å². The summed E-state index contributed by atoms with van der Waals surface area (Å²) >= 11 is 5.97. The number of hydrogen-bond donors (Lipinski definition) is 1. The van der Waals surface area contributed by atoms with Crippen molar-refractivity contribution in [3.05, 3.63) is 58.1 Å². The lowest BCUT2D eigenvalue weighted by Crippen LogP contribution is -2.14. The summed E-state index contributed by atoms with van der Waals surface area (Å²) < 4.78 is 15.5. The van der Waals surface area contributed by atoms with Crippen LogP contribution in [0.3, 0.4) is 0 Å². The highest BCUT2D eigenvalue weighted by Crippen LogP contribution is 2.29. The Morgan fingerprint density at radius 3 is 2.60 bits per heavy atom. The van der Waals surface area contributed by atoms with Gasteiger partial charge in [-0.2, -0.15) is 5.26 Å². The van der Waals surface area contributed by atoms with Gasteiger partial charge in [0.15, 0.2) is 18.1 Å². The Morgan fingerprint density at radius 1 is 1.17 bits per heavy atom. The zero-order valence-corrected chi connectivity index (χ0v) is 17.6. The number of carbonyl (C=O) groups excluding carboxylic acids is 2. The monoisotopic (exact) mass is 428 g/mol. The molecule has 0 saturated heterocycles. The number of anilines is 1.